The van der Waals surface area contributed by atoms with Crippen molar-refractivity contribution in [3.8, 4) is 11.5 Å². The van der Waals surface area contributed by atoms with Crippen LogP contribution in [0.15, 0.2) is 83.3 Å². The molecule has 0 radical (unpaired) electrons. The Morgan fingerprint density at radius 2 is 1.77 bits per heavy atom. The van der Waals surface area contributed by atoms with Gasteiger partial charge in [0.05, 0.1) is 12.6 Å². The molecule has 30 heavy (non-hydrogen) atoms. The zero-order valence-corrected chi connectivity index (χ0v) is 16.6. The van der Waals surface area contributed by atoms with Crippen molar-refractivity contribution in [2.24, 2.45) is 0 Å². The van der Waals surface area contributed by atoms with E-state index in [9.17, 15) is 4.79 Å². The second-order valence-corrected chi connectivity index (χ2v) is 7.32. The standard InChI is InChI=1S/C25H21NO4/c1-17(18-8-3-2-4-9-18)26(15-20-11-7-13-22-24(20)29-16-28-22)25(27)23-14-19-10-5-6-12-21(19)30-23/h2-14,17H,15-16H2,1H3/t17-/m0/s1. The minimum absolute atomic E-state index is 0.162. The van der Waals surface area contributed by atoms with Crippen LogP contribution in [0.25, 0.3) is 11.0 Å². The number of carbonyl (C=O) groups excluding carboxylic acids is 1. The van der Waals surface area contributed by atoms with Gasteiger partial charge in [0.1, 0.15) is 5.58 Å². The summed E-state index contributed by atoms with van der Waals surface area (Å²) in [6.45, 7) is 2.59. The van der Waals surface area contributed by atoms with Gasteiger partial charge in [0.25, 0.3) is 5.91 Å². The topological polar surface area (TPSA) is 51.9 Å². The number of furan rings is 1. The molecule has 5 rings (SSSR count). The van der Waals surface area contributed by atoms with E-state index in [0.717, 1.165) is 16.5 Å². The maximum Gasteiger partial charge on any atom is 0.290 e. The van der Waals surface area contributed by atoms with Crippen LogP contribution < -0.4 is 9.47 Å². The van der Waals surface area contributed by atoms with E-state index in [0.29, 0.717) is 29.4 Å². The van der Waals surface area contributed by atoms with Crippen molar-refractivity contribution >= 4 is 16.9 Å². The number of benzene rings is 3. The summed E-state index contributed by atoms with van der Waals surface area (Å²) in [5.74, 6) is 1.55. The third-order valence-electron chi connectivity index (χ3n) is 5.47. The molecular formula is C25H21NO4. The molecule has 5 nitrogen and oxygen atoms in total. The number of carbonyl (C=O) groups is 1. The van der Waals surface area contributed by atoms with Crippen LogP contribution in [0.5, 0.6) is 11.5 Å². The number of para-hydroxylation sites is 2. The Kier molecular flexibility index (Phi) is 4.64. The highest BCUT2D eigenvalue weighted by molar-refractivity contribution is 5.96. The smallest absolute Gasteiger partial charge is 0.290 e. The molecule has 0 fully saturated rings. The fourth-order valence-electron chi connectivity index (χ4n) is 3.82. The summed E-state index contributed by atoms with van der Waals surface area (Å²) >= 11 is 0. The Morgan fingerprint density at radius 1 is 0.967 bits per heavy atom. The quantitative estimate of drug-likeness (QED) is 0.441. The van der Waals surface area contributed by atoms with Gasteiger partial charge in [-0.1, -0.05) is 60.7 Å². The van der Waals surface area contributed by atoms with Crippen LogP contribution in [0, 0.1) is 0 Å². The summed E-state index contributed by atoms with van der Waals surface area (Å²) < 4.78 is 17.1. The fourth-order valence-corrected chi connectivity index (χ4v) is 3.82. The lowest BCUT2D eigenvalue weighted by Crippen LogP contribution is -2.33. The first-order valence-electron chi connectivity index (χ1n) is 9.92. The summed E-state index contributed by atoms with van der Waals surface area (Å²) in [7, 11) is 0. The Morgan fingerprint density at radius 3 is 2.60 bits per heavy atom. The van der Waals surface area contributed by atoms with Crippen LogP contribution in [0.4, 0.5) is 0 Å². The molecule has 0 spiro atoms. The maximum absolute atomic E-state index is 13.6. The largest absolute Gasteiger partial charge is 0.454 e. The van der Waals surface area contributed by atoms with Gasteiger partial charge >= 0.3 is 0 Å². The molecule has 5 heteroatoms. The fraction of sp³-hybridized carbons (Fsp3) is 0.160. The van der Waals surface area contributed by atoms with Crippen molar-refractivity contribution < 1.29 is 18.7 Å². The molecule has 1 aliphatic heterocycles. The summed E-state index contributed by atoms with van der Waals surface area (Å²) in [6, 6.07) is 25.0. The van der Waals surface area contributed by atoms with Gasteiger partial charge in [0.15, 0.2) is 17.3 Å². The van der Waals surface area contributed by atoms with Gasteiger partial charge in [0.2, 0.25) is 6.79 Å². The van der Waals surface area contributed by atoms with Gasteiger partial charge in [0, 0.05) is 10.9 Å². The van der Waals surface area contributed by atoms with E-state index in [2.05, 4.69) is 0 Å². The lowest BCUT2D eigenvalue weighted by atomic mass is 10.0. The Labute approximate surface area is 174 Å². The van der Waals surface area contributed by atoms with Crippen LogP contribution >= 0.6 is 0 Å². The van der Waals surface area contributed by atoms with Crippen LogP contribution in [0.3, 0.4) is 0 Å². The zero-order chi connectivity index (χ0) is 20.5. The van der Waals surface area contributed by atoms with Crippen molar-refractivity contribution in [3.05, 3.63) is 95.7 Å². The number of nitrogens with zero attached hydrogens (tertiary/aromatic N) is 1. The van der Waals surface area contributed by atoms with E-state index < -0.39 is 0 Å². The summed E-state index contributed by atoms with van der Waals surface area (Å²) in [6.07, 6.45) is 0. The van der Waals surface area contributed by atoms with Crippen LogP contribution in [-0.4, -0.2) is 17.6 Å². The molecule has 1 amide bonds. The van der Waals surface area contributed by atoms with Crippen molar-refractivity contribution in [3.63, 3.8) is 0 Å². The Bertz CT molecular complexity index is 1170. The number of hydrogen-bond acceptors (Lipinski definition) is 4. The van der Waals surface area contributed by atoms with E-state index >= 15 is 0 Å². The van der Waals surface area contributed by atoms with Crippen molar-refractivity contribution in [1.29, 1.82) is 0 Å². The molecule has 1 aromatic heterocycles. The first-order chi connectivity index (χ1) is 14.7. The van der Waals surface area contributed by atoms with Gasteiger partial charge in [-0.15, -0.1) is 0 Å². The molecule has 3 aromatic carbocycles. The number of rotatable bonds is 5. The molecule has 0 saturated heterocycles. The molecule has 0 aliphatic carbocycles. The molecule has 4 aromatic rings. The van der Waals surface area contributed by atoms with Gasteiger partial charge < -0.3 is 18.8 Å². The first kappa shape index (κ1) is 18.3. The van der Waals surface area contributed by atoms with Crippen molar-refractivity contribution in [2.75, 3.05) is 6.79 Å². The molecule has 150 valence electrons. The number of fused-ring (bicyclic) bond motifs is 2. The highest BCUT2D eigenvalue weighted by Gasteiger charge is 2.28. The highest BCUT2D eigenvalue weighted by Crippen LogP contribution is 2.37. The van der Waals surface area contributed by atoms with Gasteiger partial charge in [-0.2, -0.15) is 0 Å². The molecule has 0 N–H and O–H groups in total. The van der Waals surface area contributed by atoms with E-state index in [1.165, 1.54) is 0 Å². The van der Waals surface area contributed by atoms with Gasteiger partial charge in [-0.05, 0) is 30.7 Å². The zero-order valence-electron chi connectivity index (χ0n) is 16.6. The van der Waals surface area contributed by atoms with Crippen LogP contribution in [0.1, 0.15) is 34.6 Å². The van der Waals surface area contributed by atoms with E-state index in [-0.39, 0.29) is 18.7 Å². The Balaban J connectivity index is 1.54. The third kappa shape index (κ3) is 3.28. The summed E-state index contributed by atoms with van der Waals surface area (Å²) in [5, 5.41) is 0.908. The molecule has 0 bridgehead atoms. The van der Waals surface area contributed by atoms with E-state index in [1.54, 1.807) is 6.07 Å². The molecule has 0 unspecified atom stereocenters. The van der Waals surface area contributed by atoms with E-state index in [4.69, 9.17) is 13.9 Å². The van der Waals surface area contributed by atoms with Gasteiger partial charge in [-0.25, -0.2) is 0 Å². The molecule has 0 saturated carbocycles. The lowest BCUT2D eigenvalue weighted by molar-refractivity contribution is 0.0641. The molecule has 1 atom stereocenters. The first-order valence-corrected chi connectivity index (χ1v) is 9.92. The lowest BCUT2D eigenvalue weighted by Gasteiger charge is -2.29. The second-order valence-electron chi connectivity index (χ2n) is 7.32. The predicted octanol–water partition coefficient (Wildman–Crippen LogP) is 5.57. The van der Waals surface area contributed by atoms with Crippen molar-refractivity contribution in [2.45, 2.75) is 19.5 Å². The van der Waals surface area contributed by atoms with Crippen LogP contribution in [0.2, 0.25) is 0 Å². The maximum atomic E-state index is 13.6. The number of hydrogen-bond donors (Lipinski definition) is 0. The highest BCUT2D eigenvalue weighted by atomic mass is 16.7. The third-order valence-corrected chi connectivity index (χ3v) is 5.47. The Hall–Kier alpha value is -3.73. The molecular weight excluding hydrogens is 378 g/mol. The monoisotopic (exact) mass is 399 g/mol. The van der Waals surface area contributed by atoms with E-state index in [1.807, 2.05) is 84.6 Å². The number of amides is 1. The average molecular weight is 399 g/mol. The minimum Gasteiger partial charge on any atom is -0.454 e. The van der Waals surface area contributed by atoms with Gasteiger partial charge in [-0.3, -0.25) is 4.79 Å². The number of ether oxygens (including phenoxy) is 2. The SMILES string of the molecule is C[C@@H](c1ccccc1)N(Cc1cccc2c1OCO2)C(=O)c1cc2ccccc2o1. The van der Waals surface area contributed by atoms with Crippen molar-refractivity contribution in [1.82, 2.24) is 4.90 Å². The predicted molar refractivity (Wildman–Crippen MR) is 114 cm³/mol. The summed E-state index contributed by atoms with van der Waals surface area (Å²) in [4.78, 5) is 15.4. The summed E-state index contributed by atoms with van der Waals surface area (Å²) in [5.41, 5.74) is 2.65. The minimum atomic E-state index is -0.168. The normalized spacial score (nSPS) is 13.4. The molecule has 2 heterocycles. The second kappa shape index (κ2) is 7.59. The van der Waals surface area contributed by atoms with Crippen LogP contribution in [-0.2, 0) is 6.54 Å². The molecule has 1 aliphatic rings. The average Bonchev–Trinajstić information content (AvgIpc) is 3.44.